The lowest BCUT2D eigenvalue weighted by Gasteiger charge is -2.10. The third-order valence-electron chi connectivity index (χ3n) is 4.92. The molecule has 0 spiro atoms. The second kappa shape index (κ2) is 7.61. The Morgan fingerprint density at radius 2 is 2.00 bits per heavy atom. The van der Waals surface area contributed by atoms with Crippen molar-refractivity contribution in [3.05, 3.63) is 64.2 Å². The molecule has 1 aromatic carbocycles. The summed E-state index contributed by atoms with van der Waals surface area (Å²) in [5, 5.41) is 18.4. The zero-order chi connectivity index (χ0) is 22.4. The number of tetrazole rings is 1. The highest BCUT2D eigenvalue weighted by molar-refractivity contribution is 7.15. The van der Waals surface area contributed by atoms with E-state index < -0.39 is 11.7 Å². The van der Waals surface area contributed by atoms with Crippen LogP contribution in [0, 0.1) is 26.6 Å². The summed E-state index contributed by atoms with van der Waals surface area (Å²) in [5.74, 6) is -0.572. The molecule has 160 valence electrons. The number of benzene rings is 1. The molecule has 0 aliphatic heterocycles. The highest BCUT2D eigenvalue weighted by Crippen LogP contribution is 2.31. The van der Waals surface area contributed by atoms with Crippen LogP contribution in [0.2, 0.25) is 0 Å². The molecule has 0 unspecified atom stereocenters. The Kier molecular flexibility index (Phi) is 4.74. The van der Waals surface area contributed by atoms with Gasteiger partial charge in [0, 0.05) is 4.88 Å². The van der Waals surface area contributed by atoms with E-state index in [4.69, 9.17) is 4.52 Å². The summed E-state index contributed by atoms with van der Waals surface area (Å²) >= 11 is 1.55. The van der Waals surface area contributed by atoms with Crippen LogP contribution < -0.4 is 5.32 Å². The number of carbonyl (C=O) groups excluding carboxylic acids is 1. The van der Waals surface area contributed by atoms with Crippen LogP contribution in [-0.4, -0.2) is 36.3 Å². The molecule has 32 heavy (non-hydrogen) atoms. The van der Waals surface area contributed by atoms with Gasteiger partial charge in [-0.15, -0.1) is 16.4 Å². The standard InChI is InChI=1S/C21H16FN7O2S/c1-10-4-7-18(32-10)17-9-14(19-11(2)26-31-21(19)24-17)20(30)23-16-8-13(5-6-15(16)22)29-12(3)25-27-28-29/h4-9H,1-3H3,(H,23,30). The molecule has 0 saturated heterocycles. The van der Waals surface area contributed by atoms with E-state index in [9.17, 15) is 9.18 Å². The number of aromatic nitrogens is 6. The van der Waals surface area contributed by atoms with Crippen LogP contribution in [0.5, 0.6) is 0 Å². The van der Waals surface area contributed by atoms with Gasteiger partial charge in [0.05, 0.1) is 38.6 Å². The number of fused-ring (bicyclic) bond motifs is 1. The Bertz CT molecular complexity index is 1490. The van der Waals surface area contributed by atoms with Gasteiger partial charge in [0.25, 0.3) is 11.6 Å². The topological polar surface area (TPSA) is 112 Å². The number of hydrogen-bond acceptors (Lipinski definition) is 8. The first kappa shape index (κ1) is 19.9. The molecule has 0 bridgehead atoms. The van der Waals surface area contributed by atoms with E-state index >= 15 is 0 Å². The third kappa shape index (κ3) is 3.42. The number of carbonyl (C=O) groups is 1. The molecular formula is C21H16FN7O2S. The summed E-state index contributed by atoms with van der Waals surface area (Å²) in [6.45, 7) is 5.43. The molecule has 5 rings (SSSR count). The summed E-state index contributed by atoms with van der Waals surface area (Å²) in [4.78, 5) is 19.8. The van der Waals surface area contributed by atoms with Gasteiger partial charge in [-0.1, -0.05) is 5.16 Å². The molecular weight excluding hydrogens is 433 g/mol. The molecule has 0 atom stereocenters. The molecule has 5 aromatic rings. The van der Waals surface area contributed by atoms with Crippen molar-refractivity contribution >= 4 is 34.0 Å². The molecule has 0 radical (unpaired) electrons. The molecule has 0 saturated carbocycles. The summed E-state index contributed by atoms with van der Waals surface area (Å²) in [5.41, 5.74) is 2.14. The van der Waals surface area contributed by atoms with E-state index in [1.807, 2.05) is 19.1 Å². The lowest BCUT2D eigenvalue weighted by atomic mass is 10.1. The van der Waals surface area contributed by atoms with Crippen molar-refractivity contribution in [3.8, 4) is 16.3 Å². The van der Waals surface area contributed by atoms with Crippen LogP contribution in [0.1, 0.15) is 26.8 Å². The molecule has 0 fully saturated rings. The van der Waals surface area contributed by atoms with E-state index in [-0.39, 0.29) is 11.4 Å². The van der Waals surface area contributed by atoms with Gasteiger partial charge >= 0.3 is 0 Å². The summed E-state index contributed by atoms with van der Waals surface area (Å²) in [6, 6.07) is 9.81. The van der Waals surface area contributed by atoms with Gasteiger partial charge < -0.3 is 9.84 Å². The van der Waals surface area contributed by atoms with Gasteiger partial charge in [-0.05, 0) is 67.6 Å². The first-order chi connectivity index (χ1) is 15.4. The highest BCUT2D eigenvalue weighted by atomic mass is 32.1. The predicted octanol–water partition coefficient (Wildman–Crippen LogP) is 4.24. The van der Waals surface area contributed by atoms with Crippen LogP contribution in [0.4, 0.5) is 10.1 Å². The van der Waals surface area contributed by atoms with Crippen LogP contribution >= 0.6 is 11.3 Å². The van der Waals surface area contributed by atoms with Crippen molar-refractivity contribution in [2.45, 2.75) is 20.8 Å². The third-order valence-corrected chi connectivity index (χ3v) is 5.95. The maximum absolute atomic E-state index is 14.6. The molecule has 0 aliphatic rings. The molecule has 4 heterocycles. The summed E-state index contributed by atoms with van der Waals surface area (Å²) in [7, 11) is 0. The Hall–Kier alpha value is -3.99. The fourth-order valence-corrected chi connectivity index (χ4v) is 4.20. The lowest BCUT2D eigenvalue weighted by Crippen LogP contribution is -2.15. The van der Waals surface area contributed by atoms with E-state index in [2.05, 4.69) is 31.0 Å². The molecule has 11 heteroatoms. The van der Waals surface area contributed by atoms with Crippen molar-refractivity contribution < 1.29 is 13.7 Å². The number of amides is 1. The van der Waals surface area contributed by atoms with Gasteiger partial charge in [-0.25, -0.2) is 9.37 Å². The molecule has 9 nitrogen and oxygen atoms in total. The number of hydrogen-bond donors (Lipinski definition) is 1. The van der Waals surface area contributed by atoms with Crippen LogP contribution in [0.25, 0.3) is 27.4 Å². The average molecular weight is 449 g/mol. The smallest absolute Gasteiger partial charge is 0.259 e. The van der Waals surface area contributed by atoms with Crippen molar-refractivity contribution in [1.29, 1.82) is 0 Å². The molecule has 1 amide bonds. The minimum atomic E-state index is -0.589. The van der Waals surface area contributed by atoms with Gasteiger partial charge in [0.1, 0.15) is 5.82 Å². The fraction of sp³-hybridized carbons (Fsp3) is 0.143. The Morgan fingerprint density at radius 1 is 1.16 bits per heavy atom. The summed E-state index contributed by atoms with van der Waals surface area (Å²) in [6.07, 6.45) is 0. The van der Waals surface area contributed by atoms with Gasteiger partial charge in [-0.2, -0.15) is 4.68 Å². The number of aryl methyl sites for hydroxylation is 3. The zero-order valence-corrected chi connectivity index (χ0v) is 18.1. The largest absolute Gasteiger partial charge is 0.335 e. The van der Waals surface area contributed by atoms with Crippen molar-refractivity contribution in [1.82, 2.24) is 30.3 Å². The number of nitrogens with one attached hydrogen (secondary N) is 1. The second-order valence-electron chi connectivity index (χ2n) is 7.17. The van der Waals surface area contributed by atoms with E-state index in [0.29, 0.717) is 33.8 Å². The maximum atomic E-state index is 14.6. The van der Waals surface area contributed by atoms with E-state index in [1.165, 1.54) is 22.9 Å². The highest BCUT2D eigenvalue weighted by Gasteiger charge is 2.21. The van der Waals surface area contributed by atoms with Gasteiger partial charge in [0.2, 0.25) is 0 Å². The molecule has 1 N–H and O–H groups in total. The minimum Gasteiger partial charge on any atom is -0.335 e. The number of thiophene rings is 1. The Balaban J connectivity index is 1.57. The monoisotopic (exact) mass is 449 g/mol. The zero-order valence-electron chi connectivity index (χ0n) is 17.3. The summed E-state index contributed by atoms with van der Waals surface area (Å²) < 4.78 is 21.3. The number of pyridine rings is 1. The van der Waals surface area contributed by atoms with Crippen LogP contribution in [0.15, 0.2) is 40.9 Å². The molecule has 4 aromatic heterocycles. The normalized spacial score (nSPS) is 11.2. The van der Waals surface area contributed by atoms with Crippen molar-refractivity contribution in [2.24, 2.45) is 0 Å². The number of halogens is 1. The quantitative estimate of drug-likeness (QED) is 0.437. The number of rotatable bonds is 4. The van der Waals surface area contributed by atoms with Crippen LogP contribution in [0.3, 0.4) is 0 Å². The fourth-order valence-electron chi connectivity index (χ4n) is 3.37. The van der Waals surface area contributed by atoms with Gasteiger partial charge in [-0.3, -0.25) is 4.79 Å². The predicted molar refractivity (Wildman–Crippen MR) is 116 cm³/mol. The lowest BCUT2D eigenvalue weighted by molar-refractivity contribution is 0.102. The van der Waals surface area contributed by atoms with E-state index in [0.717, 1.165) is 9.75 Å². The van der Waals surface area contributed by atoms with Gasteiger partial charge in [0.15, 0.2) is 5.82 Å². The maximum Gasteiger partial charge on any atom is 0.259 e. The van der Waals surface area contributed by atoms with Crippen LogP contribution in [-0.2, 0) is 0 Å². The van der Waals surface area contributed by atoms with Crippen molar-refractivity contribution in [2.75, 3.05) is 5.32 Å². The minimum absolute atomic E-state index is 0.00464. The Labute approximate surface area is 184 Å². The second-order valence-corrected chi connectivity index (χ2v) is 8.46. The first-order valence-corrected chi connectivity index (χ1v) is 10.4. The average Bonchev–Trinajstić information content (AvgIpc) is 3.49. The first-order valence-electron chi connectivity index (χ1n) is 9.61. The molecule has 0 aliphatic carbocycles. The number of nitrogens with zero attached hydrogens (tertiary/aromatic N) is 6. The number of anilines is 1. The van der Waals surface area contributed by atoms with E-state index in [1.54, 1.807) is 31.3 Å². The Morgan fingerprint density at radius 3 is 2.72 bits per heavy atom. The SMILES string of the molecule is Cc1ccc(-c2cc(C(=O)Nc3cc(-n4nnnc4C)ccc3F)c3c(C)noc3n2)s1. The van der Waals surface area contributed by atoms with Crippen molar-refractivity contribution in [3.63, 3.8) is 0 Å².